The molecule has 0 spiro atoms. The van der Waals surface area contributed by atoms with Crippen LogP contribution in [-0.2, 0) is 11.0 Å². The highest BCUT2D eigenvalue weighted by atomic mass is 19.4. The van der Waals surface area contributed by atoms with E-state index in [4.69, 9.17) is 0 Å². The molecule has 0 aliphatic rings. The van der Waals surface area contributed by atoms with Crippen molar-refractivity contribution in [1.29, 1.82) is 0 Å². The number of carbonyl (C=O) groups is 2. The number of alkyl halides is 3. The number of hydrogen-bond donors (Lipinski definition) is 1. The van der Waals surface area contributed by atoms with Crippen LogP contribution < -0.4 is 5.32 Å². The number of hydrogen-bond acceptors (Lipinski definition) is 2. The van der Waals surface area contributed by atoms with Crippen molar-refractivity contribution in [1.82, 2.24) is 5.32 Å². The van der Waals surface area contributed by atoms with Crippen molar-refractivity contribution in [2.75, 3.05) is 6.54 Å². The van der Waals surface area contributed by atoms with Gasteiger partial charge >= 0.3 is 6.18 Å². The van der Waals surface area contributed by atoms with E-state index >= 15 is 0 Å². The molecule has 102 valence electrons. The summed E-state index contributed by atoms with van der Waals surface area (Å²) in [5.41, 5.74) is -0.545. The monoisotopic (exact) mass is 271 g/mol. The van der Waals surface area contributed by atoms with Gasteiger partial charge < -0.3 is 5.32 Å². The van der Waals surface area contributed by atoms with Crippen LogP contribution in [0, 0.1) is 0 Å². The summed E-state index contributed by atoms with van der Waals surface area (Å²) in [6.07, 6.45) is -1.07. The van der Waals surface area contributed by atoms with Gasteiger partial charge in [0.2, 0.25) is 5.91 Å². The van der Waals surface area contributed by atoms with Gasteiger partial charge in [0.15, 0.2) is 6.29 Å². The fourth-order valence-corrected chi connectivity index (χ4v) is 1.39. The van der Waals surface area contributed by atoms with E-state index in [1.54, 1.807) is 6.08 Å². The largest absolute Gasteiger partial charge is 0.416 e. The molecule has 6 heteroatoms. The Kier molecular flexibility index (Phi) is 4.86. The smallest absolute Gasteiger partial charge is 0.353 e. The Morgan fingerprint density at radius 3 is 2.53 bits per heavy atom. The summed E-state index contributed by atoms with van der Waals surface area (Å²) < 4.78 is 37.3. The lowest BCUT2D eigenvalue weighted by molar-refractivity contribution is -0.137. The summed E-state index contributed by atoms with van der Waals surface area (Å²) in [6.45, 7) is 1.59. The zero-order chi connectivity index (χ0) is 14.5. The van der Waals surface area contributed by atoms with E-state index in [2.05, 4.69) is 5.32 Å². The molecule has 0 fully saturated rings. The van der Waals surface area contributed by atoms with E-state index in [1.807, 2.05) is 0 Å². The molecular weight excluding hydrogens is 259 g/mol. The van der Waals surface area contributed by atoms with Crippen molar-refractivity contribution < 1.29 is 22.8 Å². The second-order valence-electron chi connectivity index (χ2n) is 3.80. The summed E-state index contributed by atoms with van der Waals surface area (Å²) >= 11 is 0. The zero-order valence-corrected chi connectivity index (χ0v) is 10.1. The maximum Gasteiger partial charge on any atom is 0.416 e. The van der Waals surface area contributed by atoms with Gasteiger partial charge in [-0.2, -0.15) is 13.2 Å². The maximum atomic E-state index is 12.4. The van der Waals surface area contributed by atoms with Gasteiger partial charge in [0.25, 0.3) is 0 Å². The van der Waals surface area contributed by atoms with E-state index in [1.165, 1.54) is 19.1 Å². The van der Waals surface area contributed by atoms with Crippen molar-refractivity contribution >= 4 is 18.3 Å². The summed E-state index contributed by atoms with van der Waals surface area (Å²) in [5, 5.41) is 2.49. The minimum absolute atomic E-state index is 0.0473. The molecule has 0 atom stereocenters. The molecule has 0 radical (unpaired) electrons. The van der Waals surface area contributed by atoms with Gasteiger partial charge in [-0.1, -0.05) is 18.2 Å². The van der Waals surface area contributed by atoms with Crippen molar-refractivity contribution in [2.24, 2.45) is 0 Å². The van der Waals surface area contributed by atoms with Crippen molar-refractivity contribution in [3.8, 4) is 0 Å². The number of carbonyl (C=O) groups excluding carboxylic acids is 2. The third-order valence-corrected chi connectivity index (χ3v) is 2.31. The van der Waals surface area contributed by atoms with Crippen molar-refractivity contribution in [3.05, 3.63) is 41.0 Å². The number of nitrogens with one attached hydrogen (secondary N) is 1. The average Bonchev–Trinajstić information content (AvgIpc) is 2.33. The maximum absolute atomic E-state index is 12.4. The number of aldehydes is 1. The van der Waals surface area contributed by atoms with E-state index < -0.39 is 11.7 Å². The normalized spacial score (nSPS) is 11.6. The van der Waals surface area contributed by atoms with Gasteiger partial charge in [0.1, 0.15) is 0 Å². The molecule has 3 nitrogen and oxygen atoms in total. The summed E-state index contributed by atoms with van der Waals surface area (Å²) in [4.78, 5) is 21.4. The minimum Gasteiger partial charge on any atom is -0.353 e. The molecular formula is C13H12F3NO2. The van der Waals surface area contributed by atoms with Gasteiger partial charge in [0, 0.05) is 19.0 Å². The third kappa shape index (κ3) is 4.57. The Hall–Kier alpha value is -2.11. The van der Waals surface area contributed by atoms with Crippen LogP contribution in [0.1, 0.15) is 28.4 Å². The van der Waals surface area contributed by atoms with E-state index in [9.17, 15) is 22.8 Å². The van der Waals surface area contributed by atoms with Gasteiger partial charge in [0.05, 0.1) is 5.56 Å². The SMILES string of the molecule is CC(=O)NCC=Cc1ccc(C(F)(F)F)cc1C=O. The molecule has 0 saturated carbocycles. The number of amides is 1. The Labute approximate surface area is 108 Å². The molecule has 0 unspecified atom stereocenters. The lowest BCUT2D eigenvalue weighted by atomic mass is 10.0. The number of benzene rings is 1. The second kappa shape index (κ2) is 6.17. The number of halogens is 3. The van der Waals surface area contributed by atoms with E-state index in [0.717, 1.165) is 12.1 Å². The standard InChI is InChI=1S/C13H12F3NO2/c1-9(19)17-6-2-3-10-4-5-12(13(14,15)16)7-11(10)8-18/h2-5,7-8H,6H2,1H3,(H,17,19). The molecule has 19 heavy (non-hydrogen) atoms. The highest BCUT2D eigenvalue weighted by Gasteiger charge is 2.30. The third-order valence-electron chi connectivity index (χ3n) is 2.31. The predicted molar refractivity (Wildman–Crippen MR) is 64.5 cm³/mol. The molecule has 0 aromatic heterocycles. The minimum atomic E-state index is -4.48. The van der Waals surface area contributed by atoms with Crippen molar-refractivity contribution in [2.45, 2.75) is 13.1 Å². The van der Waals surface area contributed by atoms with Crippen LogP contribution in [0.25, 0.3) is 6.08 Å². The molecule has 1 amide bonds. The summed E-state index contributed by atoms with van der Waals surface area (Å²) in [5.74, 6) is -0.215. The predicted octanol–water partition coefficient (Wildman–Crippen LogP) is 2.67. The fourth-order valence-electron chi connectivity index (χ4n) is 1.39. The lowest BCUT2D eigenvalue weighted by Gasteiger charge is -2.08. The van der Waals surface area contributed by atoms with Gasteiger partial charge in [-0.05, 0) is 17.7 Å². The first-order valence-electron chi connectivity index (χ1n) is 5.42. The highest BCUT2D eigenvalue weighted by Crippen LogP contribution is 2.30. The van der Waals surface area contributed by atoms with Crippen LogP contribution >= 0.6 is 0 Å². The second-order valence-corrected chi connectivity index (χ2v) is 3.80. The molecule has 0 bridgehead atoms. The molecule has 1 N–H and O–H groups in total. The molecule has 0 saturated heterocycles. The molecule has 0 aliphatic carbocycles. The first-order valence-corrected chi connectivity index (χ1v) is 5.42. The van der Waals surface area contributed by atoms with Crippen LogP contribution in [0.15, 0.2) is 24.3 Å². The molecule has 1 aromatic carbocycles. The van der Waals surface area contributed by atoms with Gasteiger partial charge in [-0.3, -0.25) is 9.59 Å². The van der Waals surface area contributed by atoms with Crippen LogP contribution in [0.3, 0.4) is 0 Å². The van der Waals surface area contributed by atoms with Crippen LogP contribution in [-0.4, -0.2) is 18.7 Å². The first kappa shape index (κ1) is 14.9. The number of rotatable bonds is 4. The van der Waals surface area contributed by atoms with Gasteiger partial charge in [-0.25, -0.2) is 0 Å². The highest BCUT2D eigenvalue weighted by molar-refractivity contribution is 5.82. The molecule has 0 aliphatic heterocycles. The molecule has 1 rings (SSSR count). The Morgan fingerprint density at radius 1 is 1.32 bits per heavy atom. The average molecular weight is 271 g/mol. The first-order chi connectivity index (χ1) is 8.84. The Bertz CT molecular complexity index is 507. The quantitative estimate of drug-likeness (QED) is 0.856. The lowest BCUT2D eigenvalue weighted by Crippen LogP contribution is -2.19. The summed E-state index contributed by atoms with van der Waals surface area (Å²) in [7, 11) is 0. The zero-order valence-electron chi connectivity index (χ0n) is 10.1. The van der Waals surface area contributed by atoms with Crippen LogP contribution in [0.4, 0.5) is 13.2 Å². The Morgan fingerprint density at radius 2 is 2.00 bits per heavy atom. The van der Waals surface area contributed by atoms with E-state index in [0.29, 0.717) is 11.8 Å². The molecule has 1 aromatic rings. The van der Waals surface area contributed by atoms with E-state index in [-0.39, 0.29) is 18.0 Å². The van der Waals surface area contributed by atoms with Crippen LogP contribution in [0.5, 0.6) is 0 Å². The topological polar surface area (TPSA) is 46.2 Å². The summed E-state index contributed by atoms with van der Waals surface area (Å²) in [6, 6.07) is 2.92. The Balaban J connectivity index is 2.91. The fraction of sp³-hybridized carbons (Fsp3) is 0.231. The molecule has 0 heterocycles. The van der Waals surface area contributed by atoms with Crippen molar-refractivity contribution in [3.63, 3.8) is 0 Å². The van der Waals surface area contributed by atoms with Crippen LogP contribution in [0.2, 0.25) is 0 Å². The van der Waals surface area contributed by atoms with Gasteiger partial charge in [-0.15, -0.1) is 0 Å².